The molecular weight excluding hydrogens is 238 g/mol. The quantitative estimate of drug-likeness (QED) is 0.811. The first kappa shape index (κ1) is 11.1. The predicted molar refractivity (Wildman–Crippen MR) is 65.4 cm³/mol. The van der Waals surface area contributed by atoms with E-state index in [1.165, 1.54) is 5.56 Å². The van der Waals surface area contributed by atoms with Gasteiger partial charge in [-0.1, -0.05) is 34.8 Å². The highest BCUT2D eigenvalue weighted by atomic mass is 79.9. The molecule has 1 nitrogen and oxygen atoms in total. The topological polar surface area (TPSA) is 12.0 Å². The summed E-state index contributed by atoms with van der Waals surface area (Å²) in [4.78, 5) is 0. The average molecular weight is 252 g/mol. The van der Waals surface area contributed by atoms with E-state index in [9.17, 15) is 0 Å². The fourth-order valence-corrected chi connectivity index (χ4v) is 1.56. The lowest BCUT2D eigenvalue weighted by atomic mass is 10.1. The summed E-state index contributed by atoms with van der Waals surface area (Å²) in [6, 6.07) is 6.26. The number of hydrogen-bond donors (Lipinski definition) is 1. The second-order valence-electron chi connectivity index (χ2n) is 3.23. The van der Waals surface area contributed by atoms with E-state index in [1.807, 2.05) is 6.07 Å². The lowest BCUT2D eigenvalue weighted by Crippen LogP contribution is -2.16. The van der Waals surface area contributed by atoms with Gasteiger partial charge in [-0.3, -0.25) is 0 Å². The fraction of sp³-hybridized carbons (Fsp3) is 0.333. The normalized spacial score (nSPS) is 11.9. The first-order chi connectivity index (χ1) is 6.67. The maximum Gasteiger partial charge on any atom is 0.0871 e. The van der Waals surface area contributed by atoms with E-state index >= 15 is 0 Å². The van der Waals surface area contributed by atoms with Crippen molar-refractivity contribution < 1.29 is 0 Å². The molecule has 1 unspecified atom stereocenters. The van der Waals surface area contributed by atoms with Crippen molar-refractivity contribution in [2.45, 2.75) is 26.3 Å². The number of terminal acetylenes is 1. The van der Waals surface area contributed by atoms with E-state index in [0.29, 0.717) is 0 Å². The molecule has 0 spiro atoms. The van der Waals surface area contributed by atoms with Gasteiger partial charge in [-0.25, -0.2) is 0 Å². The minimum atomic E-state index is 0.114. The van der Waals surface area contributed by atoms with Crippen LogP contribution >= 0.6 is 15.9 Å². The molecule has 0 heterocycles. The number of aryl methyl sites for hydroxylation is 1. The number of rotatable bonds is 3. The Morgan fingerprint density at radius 1 is 1.57 bits per heavy atom. The van der Waals surface area contributed by atoms with Crippen LogP contribution in [0.3, 0.4) is 0 Å². The Labute approximate surface area is 94.0 Å². The van der Waals surface area contributed by atoms with Crippen molar-refractivity contribution in [1.82, 2.24) is 0 Å². The SMILES string of the molecule is C#CC(CC)Nc1cc(Br)ccc1C. The molecule has 0 saturated carbocycles. The van der Waals surface area contributed by atoms with Crippen LogP contribution in [0.4, 0.5) is 5.69 Å². The molecule has 1 rings (SSSR count). The molecule has 0 fully saturated rings. The van der Waals surface area contributed by atoms with Gasteiger partial charge in [0.05, 0.1) is 6.04 Å². The highest BCUT2D eigenvalue weighted by Crippen LogP contribution is 2.21. The number of nitrogens with one attached hydrogen (secondary N) is 1. The van der Waals surface area contributed by atoms with Crippen molar-refractivity contribution in [3.05, 3.63) is 28.2 Å². The van der Waals surface area contributed by atoms with E-state index in [-0.39, 0.29) is 6.04 Å². The third-order valence-electron chi connectivity index (χ3n) is 2.14. The lowest BCUT2D eigenvalue weighted by molar-refractivity contribution is 0.856. The molecule has 1 atom stereocenters. The number of halogens is 1. The van der Waals surface area contributed by atoms with Crippen molar-refractivity contribution >= 4 is 21.6 Å². The second-order valence-corrected chi connectivity index (χ2v) is 4.15. The third-order valence-corrected chi connectivity index (χ3v) is 2.63. The van der Waals surface area contributed by atoms with Gasteiger partial charge in [-0.15, -0.1) is 6.42 Å². The van der Waals surface area contributed by atoms with E-state index in [4.69, 9.17) is 6.42 Å². The molecule has 0 saturated heterocycles. The fourth-order valence-electron chi connectivity index (χ4n) is 1.20. The molecule has 14 heavy (non-hydrogen) atoms. The van der Waals surface area contributed by atoms with Gasteiger partial charge in [0, 0.05) is 10.2 Å². The zero-order chi connectivity index (χ0) is 10.6. The van der Waals surface area contributed by atoms with Crippen LogP contribution in [0.1, 0.15) is 18.9 Å². The Morgan fingerprint density at radius 2 is 2.29 bits per heavy atom. The van der Waals surface area contributed by atoms with Gasteiger partial charge in [0.1, 0.15) is 0 Å². The summed E-state index contributed by atoms with van der Waals surface area (Å²) in [7, 11) is 0. The highest BCUT2D eigenvalue weighted by molar-refractivity contribution is 9.10. The summed E-state index contributed by atoms with van der Waals surface area (Å²) in [5.41, 5.74) is 2.31. The smallest absolute Gasteiger partial charge is 0.0871 e. The van der Waals surface area contributed by atoms with Crippen LogP contribution in [0.15, 0.2) is 22.7 Å². The van der Waals surface area contributed by atoms with Gasteiger partial charge in [0.15, 0.2) is 0 Å². The molecular formula is C12H14BrN. The molecule has 0 aliphatic carbocycles. The van der Waals surface area contributed by atoms with Crippen molar-refractivity contribution in [1.29, 1.82) is 0 Å². The predicted octanol–water partition coefficient (Wildman–Crippen LogP) is 3.58. The Hall–Kier alpha value is -0.940. The summed E-state index contributed by atoms with van der Waals surface area (Å²) in [5.74, 6) is 2.72. The number of benzene rings is 1. The van der Waals surface area contributed by atoms with Crippen molar-refractivity contribution in [3.8, 4) is 12.3 Å². The van der Waals surface area contributed by atoms with Crippen molar-refractivity contribution in [2.75, 3.05) is 5.32 Å². The zero-order valence-electron chi connectivity index (χ0n) is 8.47. The summed E-state index contributed by atoms with van der Waals surface area (Å²) >= 11 is 3.44. The van der Waals surface area contributed by atoms with Gasteiger partial charge >= 0.3 is 0 Å². The summed E-state index contributed by atoms with van der Waals surface area (Å²) in [6.45, 7) is 4.14. The van der Waals surface area contributed by atoms with Gasteiger partial charge in [-0.2, -0.15) is 0 Å². The van der Waals surface area contributed by atoms with E-state index < -0.39 is 0 Å². The molecule has 0 amide bonds. The van der Waals surface area contributed by atoms with Crippen molar-refractivity contribution in [2.24, 2.45) is 0 Å². The first-order valence-corrected chi connectivity index (χ1v) is 5.45. The van der Waals surface area contributed by atoms with E-state index in [1.54, 1.807) is 0 Å². The third kappa shape index (κ3) is 2.78. The largest absolute Gasteiger partial charge is 0.371 e. The van der Waals surface area contributed by atoms with Crippen LogP contribution in [0.2, 0.25) is 0 Å². The van der Waals surface area contributed by atoms with Gasteiger partial charge in [0.25, 0.3) is 0 Å². The average Bonchev–Trinajstić information content (AvgIpc) is 2.19. The minimum absolute atomic E-state index is 0.114. The standard InChI is InChI=1S/C12H14BrN/c1-4-11(5-2)14-12-8-10(13)7-6-9(12)3/h1,6-8,11,14H,5H2,2-3H3. The molecule has 1 N–H and O–H groups in total. The van der Waals surface area contributed by atoms with Crippen LogP contribution in [-0.2, 0) is 0 Å². The van der Waals surface area contributed by atoms with Gasteiger partial charge < -0.3 is 5.32 Å². The number of hydrogen-bond acceptors (Lipinski definition) is 1. The molecule has 1 aromatic rings. The Balaban J connectivity index is 2.86. The maximum atomic E-state index is 5.40. The first-order valence-electron chi connectivity index (χ1n) is 4.66. The minimum Gasteiger partial charge on any atom is -0.371 e. The summed E-state index contributed by atoms with van der Waals surface area (Å²) < 4.78 is 1.07. The molecule has 74 valence electrons. The van der Waals surface area contributed by atoms with Crippen LogP contribution in [0.5, 0.6) is 0 Å². The van der Waals surface area contributed by atoms with Crippen LogP contribution in [0.25, 0.3) is 0 Å². The summed E-state index contributed by atoms with van der Waals surface area (Å²) in [5, 5.41) is 3.32. The van der Waals surface area contributed by atoms with Gasteiger partial charge in [0.2, 0.25) is 0 Å². The molecule has 0 aromatic heterocycles. The Kier molecular flexibility index (Phi) is 4.03. The lowest BCUT2D eigenvalue weighted by Gasteiger charge is -2.14. The molecule has 0 aliphatic rings. The van der Waals surface area contributed by atoms with Gasteiger partial charge in [-0.05, 0) is 31.0 Å². The van der Waals surface area contributed by atoms with Crippen LogP contribution in [0, 0.1) is 19.3 Å². The van der Waals surface area contributed by atoms with Crippen molar-refractivity contribution in [3.63, 3.8) is 0 Å². The second kappa shape index (κ2) is 5.07. The van der Waals surface area contributed by atoms with E-state index in [0.717, 1.165) is 16.6 Å². The Bertz CT molecular complexity index is 352. The van der Waals surface area contributed by atoms with Crippen LogP contribution in [-0.4, -0.2) is 6.04 Å². The monoisotopic (exact) mass is 251 g/mol. The zero-order valence-corrected chi connectivity index (χ0v) is 10.1. The molecule has 2 heteroatoms. The van der Waals surface area contributed by atoms with Crippen LogP contribution < -0.4 is 5.32 Å². The highest BCUT2D eigenvalue weighted by Gasteiger charge is 2.04. The molecule has 0 radical (unpaired) electrons. The summed E-state index contributed by atoms with van der Waals surface area (Å²) in [6.07, 6.45) is 6.33. The molecule has 1 aromatic carbocycles. The maximum absolute atomic E-state index is 5.40. The van der Waals surface area contributed by atoms with E-state index in [2.05, 4.69) is 53.1 Å². The molecule has 0 aliphatic heterocycles. The molecule has 0 bridgehead atoms. The number of anilines is 1. The Morgan fingerprint density at radius 3 is 2.86 bits per heavy atom.